The zero-order valence-corrected chi connectivity index (χ0v) is 11.6. The van der Waals surface area contributed by atoms with Gasteiger partial charge < -0.3 is 10.6 Å². The molecule has 2 heterocycles. The molecule has 1 aromatic rings. The van der Waals surface area contributed by atoms with Gasteiger partial charge in [0, 0.05) is 31.7 Å². The fourth-order valence-electron chi connectivity index (χ4n) is 2.04. The molecule has 0 saturated carbocycles. The van der Waals surface area contributed by atoms with E-state index in [9.17, 15) is 13.2 Å². The lowest BCUT2D eigenvalue weighted by Gasteiger charge is -2.22. The topological polar surface area (TPSA) is 93.1 Å². The van der Waals surface area contributed by atoms with E-state index in [-0.39, 0.29) is 29.9 Å². The highest BCUT2D eigenvalue weighted by molar-refractivity contribution is 7.91. The van der Waals surface area contributed by atoms with Crippen molar-refractivity contribution in [3.8, 4) is 0 Å². The van der Waals surface area contributed by atoms with E-state index in [1.807, 2.05) is 6.92 Å². The first-order valence-electron chi connectivity index (χ1n) is 6.24. The van der Waals surface area contributed by atoms with Crippen LogP contribution in [0.1, 0.15) is 13.3 Å². The average molecular weight is 286 g/mol. The number of nitrogens with zero attached hydrogens (tertiary/aromatic N) is 2. The lowest BCUT2D eigenvalue weighted by atomic mass is 10.2. The van der Waals surface area contributed by atoms with Crippen LogP contribution in [0.25, 0.3) is 0 Å². The largest absolute Gasteiger partial charge is 0.323 e. The second kappa shape index (κ2) is 5.70. The van der Waals surface area contributed by atoms with Crippen molar-refractivity contribution in [3.05, 3.63) is 12.4 Å². The molecule has 1 atom stereocenters. The van der Waals surface area contributed by atoms with Gasteiger partial charge in [-0.05, 0) is 6.92 Å². The predicted octanol–water partition coefficient (Wildman–Crippen LogP) is -0.382. The van der Waals surface area contributed by atoms with Crippen LogP contribution in [0, 0.1) is 0 Å². The van der Waals surface area contributed by atoms with Crippen molar-refractivity contribution >= 4 is 21.4 Å². The van der Waals surface area contributed by atoms with Gasteiger partial charge in [-0.15, -0.1) is 0 Å². The SMILES string of the molecule is CCn1cc(NC(=O)CC2CS(=O)(=O)CCN2)cn1. The first kappa shape index (κ1) is 14.0. The monoisotopic (exact) mass is 286 g/mol. The molecule has 0 bridgehead atoms. The highest BCUT2D eigenvalue weighted by Gasteiger charge is 2.25. The Morgan fingerprint density at radius 3 is 3.05 bits per heavy atom. The van der Waals surface area contributed by atoms with Gasteiger partial charge in [0.15, 0.2) is 9.84 Å². The van der Waals surface area contributed by atoms with Gasteiger partial charge in [0.25, 0.3) is 0 Å². The summed E-state index contributed by atoms with van der Waals surface area (Å²) in [6, 6.07) is -0.306. The fourth-order valence-corrected chi connectivity index (χ4v) is 3.48. The Bertz CT molecular complexity index is 552. The molecular formula is C11H18N4O3S. The number of sulfone groups is 1. The van der Waals surface area contributed by atoms with Crippen molar-refractivity contribution in [2.45, 2.75) is 25.9 Å². The van der Waals surface area contributed by atoms with Crippen molar-refractivity contribution in [2.75, 3.05) is 23.4 Å². The molecule has 106 valence electrons. The molecule has 1 aromatic heterocycles. The van der Waals surface area contributed by atoms with Crippen LogP contribution in [0.2, 0.25) is 0 Å². The first-order valence-corrected chi connectivity index (χ1v) is 8.07. The smallest absolute Gasteiger partial charge is 0.226 e. The predicted molar refractivity (Wildman–Crippen MR) is 71.6 cm³/mol. The van der Waals surface area contributed by atoms with Crippen LogP contribution in [0.5, 0.6) is 0 Å². The molecule has 0 spiro atoms. The number of hydrogen-bond acceptors (Lipinski definition) is 5. The van der Waals surface area contributed by atoms with Gasteiger partial charge in [-0.25, -0.2) is 8.42 Å². The third-order valence-corrected chi connectivity index (χ3v) is 4.71. The third-order valence-electron chi connectivity index (χ3n) is 2.97. The molecule has 2 rings (SSSR count). The number of aryl methyl sites for hydroxylation is 1. The quantitative estimate of drug-likeness (QED) is 0.787. The summed E-state index contributed by atoms with van der Waals surface area (Å²) >= 11 is 0. The Morgan fingerprint density at radius 1 is 1.63 bits per heavy atom. The zero-order valence-electron chi connectivity index (χ0n) is 10.8. The van der Waals surface area contributed by atoms with Crippen molar-refractivity contribution in [1.82, 2.24) is 15.1 Å². The van der Waals surface area contributed by atoms with Gasteiger partial charge in [-0.2, -0.15) is 5.10 Å². The number of nitrogens with one attached hydrogen (secondary N) is 2. The molecule has 0 aromatic carbocycles. The molecule has 1 unspecified atom stereocenters. The van der Waals surface area contributed by atoms with Crippen LogP contribution in [0.4, 0.5) is 5.69 Å². The van der Waals surface area contributed by atoms with Crippen molar-refractivity contribution < 1.29 is 13.2 Å². The summed E-state index contributed by atoms with van der Waals surface area (Å²) in [6.45, 7) is 3.10. The number of carbonyl (C=O) groups excluding carboxylic acids is 1. The minimum Gasteiger partial charge on any atom is -0.323 e. The lowest BCUT2D eigenvalue weighted by Crippen LogP contribution is -2.46. The molecule has 1 aliphatic rings. The molecule has 0 aliphatic carbocycles. The molecule has 0 radical (unpaired) electrons. The van der Waals surface area contributed by atoms with Crippen molar-refractivity contribution in [1.29, 1.82) is 0 Å². The summed E-state index contributed by atoms with van der Waals surface area (Å²) < 4.78 is 24.6. The van der Waals surface area contributed by atoms with E-state index in [1.54, 1.807) is 17.1 Å². The second-order valence-corrected chi connectivity index (χ2v) is 6.83. The Morgan fingerprint density at radius 2 is 2.42 bits per heavy atom. The summed E-state index contributed by atoms with van der Waals surface area (Å²) in [5.74, 6) is -0.0338. The number of rotatable bonds is 4. The maximum absolute atomic E-state index is 11.8. The van der Waals surface area contributed by atoms with E-state index in [0.717, 1.165) is 6.54 Å². The number of anilines is 1. The highest BCUT2D eigenvalue weighted by atomic mass is 32.2. The lowest BCUT2D eigenvalue weighted by molar-refractivity contribution is -0.116. The van der Waals surface area contributed by atoms with Gasteiger partial charge in [0.2, 0.25) is 5.91 Å². The van der Waals surface area contributed by atoms with Crippen LogP contribution >= 0.6 is 0 Å². The summed E-state index contributed by atoms with van der Waals surface area (Å²) in [5, 5.41) is 9.81. The molecule has 1 fully saturated rings. The summed E-state index contributed by atoms with van der Waals surface area (Å²) in [4.78, 5) is 11.8. The Balaban J connectivity index is 1.87. The Hall–Kier alpha value is -1.41. The van der Waals surface area contributed by atoms with Crippen LogP contribution in [-0.2, 0) is 21.2 Å². The van der Waals surface area contributed by atoms with Crippen LogP contribution < -0.4 is 10.6 Å². The third kappa shape index (κ3) is 4.03. The normalized spacial score (nSPS) is 22.1. The van der Waals surface area contributed by atoms with E-state index in [0.29, 0.717) is 12.2 Å². The molecule has 7 nitrogen and oxygen atoms in total. The van der Waals surface area contributed by atoms with E-state index in [2.05, 4.69) is 15.7 Å². The molecule has 1 saturated heterocycles. The summed E-state index contributed by atoms with van der Waals surface area (Å²) in [7, 11) is -3.01. The number of aromatic nitrogens is 2. The van der Waals surface area contributed by atoms with Crippen LogP contribution in [0.15, 0.2) is 12.4 Å². The van der Waals surface area contributed by atoms with Gasteiger partial charge >= 0.3 is 0 Å². The molecule has 19 heavy (non-hydrogen) atoms. The van der Waals surface area contributed by atoms with E-state index in [4.69, 9.17) is 0 Å². The van der Waals surface area contributed by atoms with E-state index >= 15 is 0 Å². The molecule has 8 heteroatoms. The zero-order chi connectivity index (χ0) is 13.9. The van der Waals surface area contributed by atoms with Crippen LogP contribution in [-0.4, -0.2) is 48.2 Å². The minimum absolute atomic E-state index is 0.0225. The number of hydrogen-bond donors (Lipinski definition) is 2. The molecule has 1 amide bonds. The number of carbonyl (C=O) groups is 1. The maximum Gasteiger partial charge on any atom is 0.226 e. The van der Waals surface area contributed by atoms with E-state index in [1.165, 1.54) is 0 Å². The second-order valence-electron chi connectivity index (χ2n) is 4.60. The summed E-state index contributed by atoms with van der Waals surface area (Å²) in [6.07, 6.45) is 3.46. The van der Waals surface area contributed by atoms with Gasteiger partial charge in [-0.1, -0.05) is 0 Å². The average Bonchev–Trinajstić information content (AvgIpc) is 2.75. The van der Waals surface area contributed by atoms with Gasteiger partial charge in [0.1, 0.15) is 0 Å². The molecule has 1 aliphatic heterocycles. The van der Waals surface area contributed by atoms with E-state index < -0.39 is 9.84 Å². The standard InChI is InChI=1S/C11H18N4O3S/c1-2-15-7-10(6-13-15)14-11(16)5-9-8-19(17,18)4-3-12-9/h6-7,9,12H,2-5,8H2,1H3,(H,14,16). The Kier molecular flexibility index (Phi) is 4.20. The van der Waals surface area contributed by atoms with Crippen LogP contribution in [0.3, 0.4) is 0 Å². The summed E-state index contributed by atoms with van der Waals surface area (Å²) in [5.41, 5.74) is 0.630. The molecule has 2 N–H and O–H groups in total. The van der Waals surface area contributed by atoms with Crippen molar-refractivity contribution in [3.63, 3.8) is 0 Å². The first-order chi connectivity index (χ1) is 8.98. The fraction of sp³-hybridized carbons (Fsp3) is 0.636. The number of amides is 1. The minimum atomic E-state index is -3.01. The van der Waals surface area contributed by atoms with Crippen molar-refractivity contribution in [2.24, 2.45) is 0 Å². The highest BCUT2D eigenvalue weighted by Crippen LogP contribution is 2.09. The van der Waals surface area contributed by atoms with Gasteiger partial charge in [0.05, 0.1) is 23.4 Å². The maximum atomic E-state index is 11.8. The Labute approximate surface area is 112 Å². The molecular weight excluding hydrogens is 268 g/mol. The van der Waals surface area contributed by atoms with Gasteiger partial charge in [-0.3, -0.25) is 9.48 Å².